The minimum Gasteiger partial charge on any atom is -0.478 e. The van der Waals surface area contributed by atoms with Gasteiger partial charge in [-0.2, -0.15) is 5.26 Å². The van der Waals surface area contributed by atoms with Crippen LogP contribution >= 0.6 is 0 Å². The Balaban J connectivity index is 1.31. The van der Waals surface area contributed by atoms with E-state index in [0.29, 0.717) is 23.4 Å². The van der Waals surface area contributed by atoms with Crippen LogP contribution in [0, 0.1) is 28.8 Å². The summed E-state index contributed by atoms with van der Waals surface area (Å²) in [5.74, 6) is -3.03. The third-order valence-electron chi connectivity index (χ3n) is 8.37. The number of fused-ring (bicyclic) bond motifs is 1. The van der Waals surface area contributed by atoms with Crippen LogP contribution in [0.4, 0.5) is 13.2 Å². The molecule has 10 nitrogen and oxygen atoms in total. The lowest BCUT2D eigenvalue weighted by atomic mass is 10.0. The topological polar surface area (TPSA) is 131 Å². The van der Waals surface area contributed by atoms with E-state index in [2.05, 4.69) is 9.97 Å². The van der Waals surface area contributed by atoms with Crippen molar-refractivity contribution in [3.05, 3.63) is 112 Å². The molecule has 1 saturated heterocycles. The molecule has 2 atom stereocenters. The lowest BCUT2D eigenvalue weighted by Gasteiger charge is -2.22. The maximum Gasteiger partial charge on any atom is 0.335 e. The Kier molecular flexibility index (Phi) is 8.84. The van der Waals surface area contributed by atoms with Crippen molar-refractivity contribution in [2.24, 2.45) is 0 Å². The van der Waals surface area contributed by atoms with Gasteiger partial charge in [-0.05, 0) is 54.1 Å². The van der Waals surface area contributed by atoms with Gasteiger partial charge >= 0.3 is 5.97 Å². The van der Waals surface area contributed by atoms with E-state index in [1.165, 1.54) is 50.4 Å². The number of pyridine rings is 1. The molecule has 1 amide bonds. The van der Waals surface area contributed by atoms with Gasteiger partial charge < -0.3 is 24.0 Å². The summed E-state index contributed by atoms with van der Waals surface area (Å²) in [6, 6.07) is 16.4. The Morgan fingerprint density at radius 3 is 2.48 bits per heavy atom. The van der Waals surface area contributed by atoms with Gasteiger partial charge in [0.05, 0.1) is 46.1 Å². The maximum atomic E-state index is 15.7. The zero-order valence-electron chi connectivity index (χ0n) is 25.8. The van der Waals surface area contributed by atoms with Crippen LogP contribution in [-0.4, -0.2) is 62.7 Å². The van der Waals surface area contributed by atoms with E-state index in [-0.39, 0.29) is 64.9 Å². The van der Waals surface area contributed by atoms with Crippen molar-refractivity contribution in [2.45, 2.75) is 32.1 Å². The minimum absolute atomic E-state index is 0.00894. The number of imidazole rings is 1. The predicted molar refractivity (Wildman–Crippen MR) is 167 cm³/mol. The smallest absolute Gasteiger partial charge is 0.335 e. The number of ether oxygens (including phenoxy) is 2. The molecule has 0 unspecified atom stereocenters. The molecule has 5 aromatic rings. The summed E-state index contributed by atoms with van der Waals surface area (Å²) in [6.07, 6.45) is -0.615. The fraction of sp³-hybridized carbons (Fsp3) is 0.229. The third-order valence-corrected chi connectivity index (χ3v) is 8.37. The number of carbonyl (C=O) groups is 2. The SMILES string of the molecule is CO[C@H]1CN(C(C)=O)C[C@H]1n1c(Cc2cc(F)c(-c3cccc(OCc4ccc(C#N)cc4F)n3)cc2F)nc2ccc(C(=O)O)cc21. The minimum atomic E-state index is -1.14. The number of aromatic nitrogens is 3. The van der Waals surface area contributed by atoms with E-state index < -0.39 is 35.6 Å². The van der Waals surface area contributed by atoms with Gasteiger partial charge in [0.1, 0.15) is 29.9 Å². The van der Waals surface area contributed by atoms with Crippen molar-refractivity contribution in [2.75, 3.05) is 20.2 Å². The number of aromatic carboxylic acids is 1. The molecule has 13 heteroatoms. The molecular formula is C35H28F3N5O5. The number of nitriles is 1. The lowest BCUT2D eigenvalue weighted by molar-refractivity contribution is -0.128. The molecule has 0 bridgehead atoms. The van der Waals surface area contributed by atoms with Crippen molar-refractivity contribution in [1.29, 1.82) is 5.26 Å². The van der Waals surface area contributed by atoms with Crippen molar-refractivity contribution in [3.8, 4) is 23.2 Å². The number of halogens is 3. The third kappa shape index (κ3) is 6.30. The molecule has 3 heterocycles. The molecule has 0 aliphatic carbocycles. The standard InChI is InChI=1S/C35H28F3N5O5/c1-19(44)42-16-31(32(17-42)47-2)43-30-12-21(35(45)46)8-9-29(30)40-33(43)13-23-11-27(38)24(14-26(23)37)28-4-3-5-34(41-28)48-18-22-7-6-20(15-39)10-25(22)36/h3-12,14,31-32H,13,16-18H2,1-2H3,(H,45,46)/t31-,32+/m1/s1. The zero-order chi connectivity index (χ0) is 34.1. The number of methoxy groups -OCH3 is 1. The molecule has 6 rings (SSSR count). The van der Waals surface area contributed by atoms with Crippen LogP contribution < -0.4 is 4.74 Å². The van der Waals surface area contributed by atoms with E-state index in [0.717, 1.165) is 18.2 Å². The van der Waals surface area contributed by atoms with Crippen molar-refractivity contribution in [1.82, 2.24) is 19.4 Å². The van der Waals surface area contributed by atoms with Gasteiger partial charge in [-0.1, -0.05) is 12.1 Å². The van der Waals surface area contributed by atoms with Crippen LogP contribution in [0.1, 0.15) is 45.8 Å². The van der Waals surface area contributed by atoms with E-state index in [1.54, 1.807) is 21.6 Å². The first kappa shape index (κ1) is 32.2. The van der Waals surface area contributed by atoms with Crippen molar-refractivity contribution < 1.29 is 37.3 Å². The normalized spacial score (nSPS) is 15.9. The van der Waals surface area contributed by atoms with Gasteiger partial charge in [0.25, 0.3) is 0 Å². The van der Waals surface area contributed by atoms with Crippen LogP contribution in [0.3, 0.4) is 0 Å². The van der Waals surface area contributed by atoms with E-state index >= 15 is 8.78 Å². The molecule has 0 spiro atoms. The summed E-state index contributed by atoms with van der Waals surface area (Å²) < 4.78 is 58.7. The second-order valence-corrected chi connectivity index (χ2v) is 11.3. The van der Waals surface area contributed by atoms with Crippen LogP contribution in [0.5, 0.6) is 5.88 Å². The van der Waals surface area contributed by atoms with Gasteiger partial charge in [-0.15, -0.1) is 0 Å². The molecule has 3 aromatic carbocycles. The lowest BCUT2D eigenvalue weighted by Crippen LogP contribution is -2.27. The Morgan fingerprint density at radius 2 is 1.77 bits per heavy atom. The second-order valence-electron chi connectivity index (χ2n) is 11.3. The number of carboxylic acids is 1. The molecule has 0 saturated carbocycles. The summed E-state index contributed by atoms with van der Waals surface area (Å²) in [4.78, 5) is 34.6. The van der Waals surface area contributed by atoms with Crippen LogP contribution in [0.2, 0.25) is 0 Å². The largest absolute Gasteiger partial charge is 0.478 e. The molecule has 1 aliphatic heterocycles. The molecule has 244 valence electrons. The van der Waals surface area contributed by atoms with Gasteiger partial charge in [-0.25, -0.2) is 27.9 Å². The van der Waals surface area contributed by atoms with E-state index in [4.69, 9.17) is 14.7 Å². The predicted octanol–water partition coefficient (Wildman–Crippen LogP) is 5.67. The zero-order valence-corrected chi connectivity index (χ0v) is 25.8. The Labute approximate surface area is 272 Å². The van der Waals surface area contributed by atoms with Gasteiger partial charge in [0, 0.05) is 50.7 Å². The number of rotatable bonds is 9. The molecule has 1 aliphatic rings. The van der Waals surface area contributed by atoms with Crippen LogP contribution in [-0.2, 0) is 22.6 Å². The number of likely N-dealkylation sites (tertiary alicyclic amines) is 1. The van der Waals surface area contributed by atoms with Gasteiger partial charge in [0.15, 0.2) is 0 Å². The number of nitrogens with zero attached hydrogens (tertiary/aromatic N) is 5. The molecular weight excluding hydrogens is 627 g/mol. The number of amides is 1. The van der Waals surface area contributed by atoms with Crippen molar-refractivity contribution >= 4 is 22.9 Å². The quantitative estimate of drug-likeness (QED) is 0.215. The highest BCUT2D eigenvalue weighted by atomic mass is 19.1. The van der Waals surface area contributed by atoms with Gasteiger partial charge in [0.2, 0.25) is 11.8 Å². The monoisotopic (exact) mass is 655 g/mol. The maximum absolute atomic E-state index is 15.7. The summed E-state index contributed by atoms with van der Waals surface area (Å²) in [6.45, 7) is 1.79. The van der Waals surface area contributed by atoms with E-state index in [1.807, 2.05) is 6.07 Å². The Morgan fingerprint density at radius 1 is 0.979 bits per heavy atom. The fourth-order valence-electron chi connectivity index (χ4n) is 5.89. The molecule has 1 fully saturated rings. The number of hydrogen-bond acceptors (Lipinski definition) is 7. The fourth-order valence-corrected chi connectivity index (χ4v) is 5.89. The second kappa shape index (κ2) is 13.2. The van der Waals surface area contributed by atoms with Crippen LogP contribution in [0.25, 0.3) is 22.3 Å². The first-order valence-electron chi connectivity index (χ1n) is 14.9. The number of carbonyl (C=O) groups excluding carboxylic acids is 1. The number of hydrogen-bond donors (Lipinski definition) is 1. The molecule has 1 N–H and O–H groups in total. The summed E-state index contributed by atoms with van der Waals surface area (Å²) in [5.41, 5.74) is 1.24. The Hall–Kier alpha value is -5.74. The number of benzene rings is 3. The highest BCUT2D eigenvalue weighted by molar-refractivity contribution is 5.92. The average molecular weight is 656 g/mol. The summed E-state index contributed by atoms with van der Waals surface area (Å²) in [5, 5.41) is 18.6. The van der Waals surface area contributed by atoms with Crippen LogP contribution in [0.15, 0.2) is 66.7 Å². The molecule has 2 aromatic heterocycles. The van der Waals surface area contributed by atoms with Crippen molar-refractivity contribution in [3.63, 3.8) is 0 Å². The first-order valence-corrected chi connectivity index (χ1v) is 14.9. The van der Waals surface area contributed by atoms with E-state index in [9.17, 15) is 19.1 Å². The summed E-state index contributed by atoms with van der Waals surface area (Å²) >= 11 is 0. The highest BCUT2D eigenvalue weighted by Crippen LogP contribution is 2.33. The van der Waals surface area contributed by atoms with Gasteiger partial charge in [-0.3, -0.25) is 4.79 Å². The highest BCUT2D eigenvalue weighted by Gasteiger charge is 2.37. The molecule has 48 heavy (non-hydrogen) atoms. The summed E-state index contributed by atoms with van der Waals surface area (Å²) in [7, 11) is 1.51. The Bertz CT molecular complexity index is 2110. The average Bonchev–Trinajstić information content (AvgIpc) is 3.66. The first-order chi connectivity index (χ1) is 23.1. The number of carboxylic acid groups (broad SMARTS) is 1. The molecule has 0 radical (unpaired) electrons.